The maximum atomic E-state index is 9.28. The molecule has 0 aliphatic carbocycles. The standard InChI is InChI=1S/C14H22N4OS/c1-4-6-18(7-8-19)12-11-9-10(3)20-13(11)17-14(16-12)15-5-2/h9,19H,4-8H2,1-3H3,(H,15,16,17). The van der Waals surface area contributed by atoms with Crippen LogP contribution in [0.25, 0.3) is 10.2 Å². The first-order valence-electron chi connectivity index (χ1n) is 7.07. The molecule has 110 valence electrons. The molecule has 2 N–H and O–H groups in total. The molecule has 6 heteroatoms. The first-order valence-corrected chi connectivity index (χ1v) is 7.89. The molecule has 2 rings (SSSR count). The Morgan fingerprint density at radius 2 is 2.10 bits per heavy atom. The molecule has 5 nitrogen and oxygen atoms in total. The molecule has 0 radical (unpaired) electrons. The minimum absolute atomic E-state index is 0.130. The van der Waals surface area contributed by atoms with Crippen molar-refractivity contribution in [2.75, 3.05) is 36.5 Å². The third-order valence-electron chi connectivity index (χ3n) is 2.99. The zero-order valence-corrected chi connectivity index (χ0v) is 13.1. The van der Waals surface area contributed by atoms with Crippen LogP contribution in [0.3, 0.4) is 0 Å². The lowest BCUT2D eigenvalue weighted by atomic mass is 10.3. The zero-order valence-electron chi connectivity index (χ0n) is 12.3. The van der Waals surface area contributed by atoms with E-state index in [2.05, 4.69) is 40.1 Å². The number of nitrogens with zero attached hydrogens (tertiary/aromatic N) is 3. The number of aliphatic hydroxyl groups excluding tert-OH is 1. The molecule has 0 amide bonds. The van der Waals surface area contributed by atoms with Gasteiger partial charge in [-0.05, 0) is 26.3 Å². The second kappa shape index (κ2) is 6.85. The van der Waals surface area contributed by atoms with Gasteiger partial charge in [0.1, 0.15) is 10.6 Å². The van der Waals surface area contributed by atoms with Crippen LogP contribution in [0.15, 0.2) is 6.07 Å². The molecule has 0 aliphatic rings. The summed E-state index contributed by atoms with van der Waals surface area (Å²) in [5.74, 6) is 1.59. The fraction of sp³-hybridized carbons (Fsp3) is 0.571. The highest BCUT2D eigenvalue weighted by Gasteiger charge is 2.15. The van der Waals surface area contributed by atoms with E-state index in [1.54, 1.807) is 11.3 Å². The summed E-state index contributed by atoms with van der Waals surface area (Å²) in [6.45, 7) is 8.65. The summed E-state index contributed by atoms with van der Waals surface area (Å²) in [6.07, 6.45) is 1.02. The molecule has 0 saturated heterocycles. The van der Waals surface area contributed by atoms with Crippen LogP contribution in [0.5, 0.6) is 0 Å². The fourth-order valence-electron chi connectivity index (χ4n) is 2.22. The highest BCUT2D eigenvalue weighted by atomic mass is 32.1. The van der Waals surface area contributed by atoms with Crippen molar-refractivity contribution in [3.8, 4) is 0 Å². The van der Waals surface area contributed by atoms with Crippen LogP contribution in [-0.4, -0.2) is 41.3 Å². The summed E-state index contributed by atoms with van der Waals surface area (Å²) >= 11 is 1.68. The molecule has 0 aliphatic heterocycles. The summed E-state index contributed by atoms with van der Waals surface area (Å²) in [4.78, 5) is 13.6. The molecule has 0 bridgehead atoms. The van der Waals surface area contributed by atoms with Crippen molar-refractivity contribution >= 4 is 33.3 Å². The topological polar surface area (TPSA) is 61.3 Å². The van der Waals surface area contributed by atoms with Crippen LogP contribution in [0.4, 0.5) is 11.8 Å². The van der Waals surface area contributed by atoms with Gasteiger partial charge in [0.25, 0.3) is 0 Å². The van der Waals surface area contributed by atoms with Crippen LogP contribution in [-0.2, 0) is 0 Å². The fourth-order valence-corrected chi connectivity index (χ4v) is 3.09. The average molecular weight is 294 g/mol. The summed E-state index contributed by atoms with van der Waals surface area (Å²) in [6, 6.07) is 2.13. The summed E-state index contributed by atoms with van der Waals surface area (Å²) in [7, 11) is 0. The SMILES string of the molecule is CCCN(CCO)c1nc(NCC)nc2sc(C)cc12. The van der Waals surface area contributed by atoms with Crippen LogP contribution in [0.2, 0.25) is 0 Å². The zero-order chi connectivity index (χ0) is 14.5. The third-order valence-corrected chi connectivity index (χ3v) is 3.94. The molecule has 0 fully saturated rings. The quantitative estimate of drug-likeness (QED) is 0.822. The van der Waals surface area contributed by atoms with E-state index in [1.807, 2.05) is 6.92 Å². The number of nitrogens with one attached hydrogen (secondary N) is 1. The third kappa shape index (κ3) is 3.19. The predicted octanol–water partition coefficient (Wildman–Crippen LogP) is 2.64. The van der Waals surface area contributed by atoms with Crippen molar-refractivity contribution in [1.82, 2.24) is 9.97 Å². The number of aliphatic hydroxyl groups is 1. The predicted molar refractivity (Wildman–Crippen MR) is 85.9 cm³/mol. The van der Waals surface area contributed by atoms with Gasteiger partial charge >= 0.3 is 0 Å². The lowest BCUT2D eigenvalue weighted by Crippen LogP contribution is -2.28. The second-order valence-electron chi connectivity index (χ2n) is 4.69. The minimum Gasteiger partial charge on any atom is -0.395 e. The van der Waals surface area contributed by atoms with Crippen molar-refractivity contribution in [3.63, 3.8) is 0 Å². The van der Waals surface area contributed by atoms with E-state index in [1.165, 1.54) is 4.88 Å². The van der Waals surface area contributed by atoms with E-state index in [-0.39, 0.29) is 6.61 Å². The lowest BCUT2D eigenvalue weighted by molar-refractivity contribution is 0.301. The maximum Gasteiger partial charge on any atom is 0.226 e. The van der Waals surface area contributed by atoms with Gasteiger partial charge in [0.2, 0.25) is 5.95 Å². The Balaban J connectivity index is 2.51. The van der Waals surface area contributed by atoms with Gasteiger partial charge < -0.3 is 15.3 Å². The molecule has 0 unspecified atom stereocenters. The van der Waals surface area contributed by atoms with Crippen LogP contribution >= 0.6 is 11.3 Å². The second-order valence-corrected chi connectivity index (χ2v) is 5.92. The number of thiophene rings is 1. The number of rotatable bonds is 7. The first-order chi connectivity index (χ1) is 9.69. The van der Waals surface area contributed by atoms with Crippen LogP contribution < -0.4 is 10.2 Å². The molecular formula is C14H22N4OS. The normalized spacial score (nSPS) is 11.0. The van der Waals surface area contributed by atoms with Crippen LogP contribution in [0.1, 0.15) is 25.1 Å². The van der Waals surface area contributed by atoms with E-state index >= 15 is 0 Å². The molecule has 20 heavy (non-hydrogen) atoms. The van der Waals surface area contributed by atoms with Gasteiger partial charge in [-0.3, -0.25) is 0 Å². The first kappa shape index (κ1) is 15.0. The van der Waals surface area contributed by atoms with Gasteiger partial charge in [0, 0.05) is 24.5 Å². The maximum absolute atomic E-state index is 9.28. The number of aromatic nitrogens is 2. The Morgan fingerprint density at radius 3 is 2.75 bits per heavy atom. The van der Waals surface area contributed by atoms with Gasteiger partial charge in [0.15, 0.2) is 0 Å². The molecule has 2 aromatic heterocycles. The number of hydrogen-bond acceptors (Lipinski definition) is 6. The van der Waals surface area contributed by atoms with Gasteiger partial charge in [0.05, 0.1) is 12.0 Å². The lowest BCUT2D eigenvalue weighted by Gasteiger charge is -2.23. The molecule has 0 aromatic carbocycles. The van der Waals surface area contributed by atoms with E-state index in [9.17, 15) is 5.11 Å². The van der Waals surface area contributed by atoms with E-state index in [0.717, 1.165) is 35.5 Å². The van der Waals surface area contributed by atoms with Crippen molar-refractivity contribution < 1.29 is 5.11 Å². The van der Waals surface area contributed by atoms with Gasteiger partial charge in [-0.15, -0.1) is 11.3 Å². The highest BCUT2D eigenvalue weighted by Crippen LogP contribution is 2.31. The van der Waals surface area contributed by atoms with Crippen molar-refractivity contribution in [2.45, 2.75) is 27.2 Å². The molecule has 2 aromatic rings. The Hall–Kier alpha value is -1.40. The average Bonchev–Trinajstić information content (AvgIpc) is 2.78. The molecule has 2 heterocycles. The highest BCUT2D eigenvalue weighted by molar-refractivity contribution is 7.18. The molecule has 0 atom stereocenters. The Morgan fingerprint density at radius 1 is 1.30 bits per heavy atom. The number of aryl methyl sites for hydroxylation is 1. The number of anilines is 2. The minimum atomic E-state index is 0.130. The van der Waals surface area contributed by atoms with Gasteiger partial charge in [-0.2, -0.15) is 4.98 Å². The summed E-state index contributed by atoms with van der Waals surface area (Å²) < 4.78 is 0. The summed E-state index contributed by atoms with van der Waals surface area (Å²) in [5.41, 5.74) is 0. The number of hydrogen-bond donors (Lipinski definition) is 2. The van der Waals surface area contributed by atoms with Crippen molar-refractivity contribution in [1.29, 1.82) is 0 Å². The van der Waals surface area contributed by atoms with Crippen LogP contribution in [0, 0.1) is 6.92 Å². The van der Waals surface area contributed by atoms with E-state index in [4.69, 9.17) is 0 Å². The van der Waals surface area contributed by atoms with Gasteiger partial charge in [-0.1, -0.05) is 6.92 Å². The Kier molecular flexibility index (Phi) is 5.14. The molecule has 0 saturated carbocycles. The Labute approximate surface area is 123 Å². The van der Waals surface area contributed by atoms with Crippen molar-refractivity contribution in [2.24, 2.45) is 0 Å². The van der Waals surface area contributed by atoms with E-state index in [0.29, 0.717) is 12.5 Å². The number of fused-ring (bicyclic) bond motifs is 1. The van der Waals surface area contributed by atoms with Crippen molar-refractivity contribution in [3.05, 3.63) is 10.9 Å². The smallest absolute Gasteiger partial charge is 0.226 e. The van der Waals surface area contributed by atoms with Gasteiger partial charge in [-0.25, -0.2) is 4.98 Å². The Bertz CT molecular complexity index is 564. The largest absolute Gasteiger partial charge is 0.395 e. The molecular weight excluding hydrogens is 272 g/mol. The molecule has 0 spiro atoms. The summed E-state index contributed by atoms with van der Waals surface area (Å²) in [5, 5.41) is 13.5. The monoisotopic (exact) mass is 294 g/mol. The van der Waals surface area contributed by atoms with E-state index < -0.39 is 0 Å².